The van der Waals surface area contributed by atoms with E-state index in [2.05, 4.69) is 15.3 Å². The molecule has 8 nitrogen and oxygen atoms in total. The summed E-state index contributed by atoms with van der Waals surface area (Å²) in [5, 5.41) is 2.89. The van der Waals surface area contributed by atoms with Crippen LogP contribution in [0.4, 0.5) is 5.95 Å². The van der Waals surface area contributed by atoms with Crippen LogP contribution in [0.15, 0.2) is 12.3 Å². The molecule has 8 heteroatoms. The normalized spacial score (nSPS) is 20.0. The number of hydrogen-bond donors (Lipinski definition) is 1. The van der Waals surface area contributed by atoms with Gasteiger partial charge in [-0.1, -0.05) is 0 Å². The van der Waals surface area contributed by atoms with Crippen molar-refractivity contribution in [3.05, 3.63) is 12.3 Å². The standard InChI is InChI=1S/C17H25N5O3/c1-12(23)20-17(2,13-4-5-13)15(24)21-8-10-22(11-9-21)16-18-7-6-14(19-16)25-3/h6-7,13H,4-5,8-11H2,1-3H3,(H,20,23)/t17-/m0/s1. The Bertz CT molecular complexity index is 655. The zero-order chi connectivity index (χ0) is 18.0. The summed E-state index contributed by atoms with van der Waals surface area (Å²) >= 11 is 0. The molecule has 0 spiro atoms. The van der Waals surface area contributed by atoms with Gasteiger partial charge in [0.25, 0.3) is 0 Å². The number of carbonyl (C=O) groups is 2. The van der Waals surface area contributed by atoms with E-state index in [-0.39, 0.29) is 17.7 Å². The van der Waals surface area contributed by atoms with Gasteiger partial charge >= 0.3 is 0 Å². The highest BCUT2D eigenvalue weighted by Crippen LogP contribution is 2.40. The summed E-state index contributed by atoms with van der Waals surface area (Å²) in [4.78, 5) is 37.1. The molecule has 25 heavy (non-hydrogen) atoms. The predicted molar refractivity (Wildman–Crippen MR) is 92.3 cm³/mol. The predicted octanol–water partition coefficient (Wildman–Crippen LogP) is 0.439. The van der Waals surface area contributed by atoms with Gasteiger partial charge in [-0.15, -0.1) is 0 Å². The first-order valence-corrected chi connectivity index (χ1v) is 8.64. The van der Waals surface area contributed by atoms with Gasteiger partial charge in [0.1, 0.15) is 5.54 Å². The van der Waals surface area contributed by atoms with E-state index >= 15 is 0 Å². The molecule has 0 bridgehead atoms. The maximum absolute atomic E-state index is 13.0. The lowest BCUT2D eigenvalue weighted by molar-refractivity contribution is -0.142. The third-order valence-electron chi connectivity index (χ3n) is 4.95. The van der Waals surface area contributed by atoms with E-state index in [0.717, 1.165) is 12.8 Å². The largest absolute Gasteiger partial charge is 0.481 e. The second kappa shape index (κ2) is 6.85. The fourth-order valence-corrected chi connectivity index (χ4v) is 3.39. The van der Waals surface area contributed by atoms with Gasteiger partial charge in [0.15, 0.2) is 0 Å². The number of methoxy groups -OCH3 is 1. The van der Waals surface area contributed by atoms with Crippen LogP contribution in [-0.4, -0.2) is 65.5 Å². The van der Waals surface area contributed by atoms with Gasteiger partial charge in [0.05, 0.1) is 7.11 Å². The summed E-state index contributed by atoms with van der Waals surface area (Å²) in [6.07, 6.45) is 3.64. The Labute approximate surface area is 147 Å². The van der Waals surface area contributed by atoms with Crippen LogP contribution in [-0.2, 0) is 9.59 Å². The van der Waals surface area contributed by atoms with Gasteiger partial charge < -0.3 is 19.9 Å². The number of anilines is 1. The van der Waals surface area contributed by atoms with Crippen LogP contribution in [0.2, 0.25) is 0 Å². The Balaban J connectivity index is 1.64. The summed E-state index contributed by atoms with van der Waals surface area (Å²) in [7, 11) is 1.57. The minimum absolute atomic E-state index is 0.0106. The summed E-state index contributed by atoms with van der Waals surface area (Å²) in [5.41, 5.74) is -0.791. The van der Waals surface area contributed by atoms with E-state index in [1.165, 1.54) is 6.92 Å². The molecule has 2 amide bonds. The number of nitrogens with one attached hydrogen (secondary N) is 1. The van der Waals surface area contributed by atoms with E-state index in [9.17, 15) is 9.59 Å². The van der Waals surface area contributed by atoms with Crippen molar-refractivity contribution in [2.45, 2.75) is 32.2 Å². The topological polar surface area (TPSA) is 87.7 Å². The molecule has 2 fully saturated rings. The summed E-state index contributed by atoms with van der Waals surface area (Å²) in [6, 6.07) is 1.71. The van der Waals surface area contributed by atoms with Crippen molar-refractivity contribution >= 4 is 17.8 Å². The molecule has 3 rings (SSSR count). The molecular weight excluding hydrogens is 322 g/mol. The van der Waals surface area contributed by atoms with Gasteiger partial charge in [-0.05, 0) is 25.7 Å². The number of aromatic nitrogens is 2. The van der Waals surface area contributed by atoms with Crippen LogP contribution in [0.25, 0.3) is 0 Å². The van der Waals surface area contributed by atoms with Crippen molar-refractivity contribution in [1.82, 2.24) is 20.2 Å². The zero-order valence-electron chi connectivity index (χ0n) is 15.0. The number of amides is 2. The van der Waals surface area contributed by atoms with E-state index in [4.69, 9.17) is 4.74 Å². The number of hydrogen-bond acceptors (Lipinski definition) is 6. The molecule has 2 aliphatic rings. The third kappa shape index (κ3) is 3.67. The number of ether oxygens (including phenoxy) is 1. The monoisotopic (exact) mass is 347 g/mol. The average Bonchev–Trinajstić information content (AvgIpc) is 3.46. The highest BCUT2D eigenvalue weighted by atomic mass is 16.5. The summed E-state index contributed by atoms with van der Waals surface area (Å²) in [6.45, 7) is 5.79. The fraction of sp³-hybridized carbons (Fsp3) is 0.647. The lowest BCUT2D eigenvalue weighted by Gasteiger charge is -2.40. The smallest absolute Gasteiger partial charge is 0.248 e. The lowest BCUT2D eigenvalue weighted by Crippen LogP contribution is -2.62. The molecule has 0 unspecified atom stereocenters. The van der Waals surface area contributed by atoms with Gasteiger partial charge in [-0.2, -0.15) is 4.98 Å². The Morgan fingerprint density at radius 1 is 1.28 bits per heavy atom. The highest BCUT2D eigenvalue weighted by Gasteiger charge is 2.49. The van der Waals surface area contributed by atoms with Crippen LogP contribution < -0.4 is 15.0 Å². The van der Waals surface area contributed by atoms with Crippen molar-refractivity contribution < 1.29 is 14.3 Å². The molecule has 1 saturated carbocycles. The third-order valence-corrected chi connectivity index (χ3v) is 4.95. The Morgan fingerprint density at radius 3 is 2.52 bits per heavy atom. The van der Waals surface area contributed by atoms with E-state index in [1.807, 2.05) is 16.7 Å². The van der Waals surface area contributed by atoms with Crippen molar-refractivity contribution in [2.75, 3.05) is 38.2 Å². The Hall–Kier alpha value is -2.38. The molecule has 1 N–H and O–H groups in total. The minimum Gasteiger partial charge on any atom is -0.481 e. The van der Waals surface area contributed by atoms with Gasteiger partial charge in [0.2, 0.25) is 23.6 Å². The average molecular weight is 347 g/mol. The molecule has 1 aliphatic heterocycles. The van der Waals surface area contributed by atoms with Crippen molar-refractivity contribution in [3.8, 4) is 5.88 Å². The first kappa shape index (κ1) is 17.4. The lowest BCUT2D eigenvalue weighted by atomic mass is 9.93. The molecule has 0 aromatic carbocycles. The second-order valence-corrected chi connectivity index (χ2v) is 6.84. The summed E-state index contributed by atoms with van der Waals surface area (Å²) < 4.78 is 5.14. The maximum Gasteiger partial charge on any atom is 0.248 e. The molecule has 136 valence electrons. The molecule has 1 aromatic rings. The Morgan fingerprint density at radius 2 is 1.96 bits per heavy atom. The molecular formula is C17H25N5O3. The van der Waals surface area contributed by atoms with Crippen molar-refractivity contribution in [1.29, 1.82) is 0 Å². The fourth-order valence-electron chi connectivity index (χ4n) is 3.39. The molecule has 1 aromatic heterocycles. The van der Waals surface area contributed by atoms with Crippen molar-refractivity contribution in [2.24, 2.45) is 5.92 Å². The number of rotatable bonds is 5. The van der Waals surface area contributed by atoms with Gasteiger partial charge in [-0.3, -0.25) is 9.59 Å². The van der Waals surface area contributed by atoms with Crippen LogP contribution in [0.3, 0.4) is 0 Å². The van der Waals surface area contributed by atoms with Crippen LogP contribution in [0.1, 0.15) is 26.7 Å². The van der Waals surface area contributed by atoms with Crippen molar-refractivity contribution in [3.63, 3.8) is 0 Å². The SMILES string of the molecule is COc1ccnc(N2CCN(C(=O)[C@@](C)(NC(C)=O)C3CC3)CC2)n1. The number of nitrogens with zero attached hydrogens (tertiary/aromatic N) is 4. The van der Waals surface area contributed by atoms with E-state index in [0.29, 0.717) is 38.0 Å². The number of piperazine rings is 1. The number of carbonyl (C=O) groups excluding carboxylic acids is 2. The van der Waals surface area contributed by atoms with Gasteiger partial charge in [0, 0.05) is 45.4 Å². The molecule has 2 heterocycles. The first-order chi connectivity index (χ1) is 11.9. The second-order valence-electron chi connectivity index (χ2n) is 6.84. The van der Waals surface area contributed by atoms with Gasteiger partial charge in [-0.25, -0.2) is 4.98 Å². The zero-order valence-corrected chi connectivity index (χ0v) is 15.0. The van der Waals surface area contributed by atoms with Crippen LogP contribution >= 0.6 is 0 Å². The summed E-state index contributed by atoms with van der Waals surface area (Å²) in [5.74, 6) is 1.22. The molecule has 1 aliphatic carbocycles. The van der Waals surface area contributed by atoms with Crippen LogP contribution in [0.5, 0.6) is 5.88 Å². The first-order valence-electron chi connectivity index (χ1n) is 8.64. The molecule has 1 saturated heterocycles. The van der Waals surface area contributed by atoms with E-state index < -0.39 is 5.54 Å². The molecule has 1 atom stereocenters. The maximum atomic E-state index is 13.0. The quantitative estimate of drug-likeness (QED) is 0.831. The minimum atomic E-state index is -0.791. The van der Waals surface area contributed by atoms with E-state index in [1.54, 1.807) is 19.4 Å². The van der Waals surface area contributed by atoms with Crippen LogP contribution in [0, 0.1) is 5.92 Å². The Kier molecular flexibility index (Phi) is 4.78. The highest BCUT2D eigenvalue weighted by molar-refractivity contribution is 5.91. The molecule has 0 radical (unpaired) electrons.